The van der Waals surface area contributed by atoms with Crippen LogP contribution >= 0.6 is 0 Å². The van der Waals surface area contributed by atoms with E-state index in [1.165, 1.54) is 72.0 Å². The van der Waals surface area contributed by atoms with E-state index in [0.717, 1.165) is 13.1 Å². The maximum Gasteiger partial charge on any atom is 0.0110 e. The van der Waals surface area contributed by atoms with Crippen LogP contribution in [-0.2, 0) is 0 Å². The predicted octanol–water partition coefficient (Wildman–Crippen LogP) is 0.487. The molecular formula is C17H39N5. The van der Waals surface area contributed by atoms with Gasteiger partial charge in [0.1, 0.15) is 0 Å². The van der Waals surface area contributed by atoms with Gasteiger partial charge in [-0.15, -0.1) is 0 Å². The Labute approximate surface area is 138 Å². The highest BCUT2D eigenvalue weighted by molar-refractivity contribution is 4.73. The fourth-order valence-corrected chi connectivity index (χ4v) is 2.93. The van der Waals surface area contributed by atoms with Gasteiger partial charge in [-0.2, -0.15) is 0 Å². The molecule has 0 bridgehead atoms. The minimum Gasteiger partial charge on any atom is -0.316 e. The van der Waals surface area contributed by atoms with E-state index in [0.29, 0.717) is 0 Å². The molecule has 0 atom stereocenters. The molecule has 5 nitrogen and oxygen atoms in total. The fourth-order valence-electron chi connectivity index (χ4n) is 2.93. The van der Waals surface area contributed by atoms with Gasteiger partial charge in [0.25, 0.3) is 0 Å². The predicted molar refractivity (Wildman–Crippen MR) is 96.7 cm³/mol. The topological polar surface area (TPSA) is 25.0 Å². The lowest BCUT2D eigenvalue weighted by Gasteiger charge is -2.35. The highest BCUT2D eigenvalue weighted by Gasteiger charge is 2.16. The minimum atomic E-state index is 1.08. The largest absolute Gasteiger partial charge is 0.316 e. The van der Waals surface area contributed by atoms with Crippen molar-refractivity contribution in [1.29, 1.82) is 0 Å². The van der Waals surface area contributed by atoms with Crippen molar-refractivity contribution in [3.05, 3.63) is 0 Å². The van der Waals surface area contributed by atoms with Gasteiger partial charge >= 0.3 is 0 Å². The number of hydrogen-bond acceptors (Lipinski definition) is 5. The molecule has 0 radical (unpaired) electrons. The first-order valence-electron chi connectivity index (χ1n) is 9.25. The number of nitrogens with one attached hydrogen (secondary N) is 1. The Morgan fingerprint density at radius 3 is 1.95 bits per heavy atom. The van der Waals surface area contributed by atoms with Gasteiger partial charge in [-0.05, 0) is 26.7 Å². The highest BCUT2D eigenvalue weighted by atomic mass is 15.3. The monoisotopic (exact) mass is 313 g/mol. The second-order valence-electron chi connectivity index (χ2n) is 6.37. The fraction of sp³-hybridized carbons (Fsp3) is 1.00. The van der Waals surface area contributed by atoms with E-state index in [4.69, 9.17) is 0 Å². The molecule has 1 rings (SSSR count). The summed E-state index contributed by atoms with van der Waals surface area (Å²) in [7, 11) is 2.26. The van der Waals surface area contributed by atoms with Gasteiger partial charge in [0.05, 0.1) is 0 Å². The van der Waals surface area contributed by atoms with Crippen LogP contribution in [0.2, 0.25) is 0 Å². The molecule has 0 aromatic carbocycles. The first-order chi connectivity index (χ1) is 10.7. The summed E-state index contributed by atoms with van der Waals surface area (Å²) in [5.74, 6) is 0. The van der Waals surface area contributed by atoms with Crippen LogP contribution in [0.3, 0.4) is 0 Å². The Kier molecular flexibility index (Phi) is 11.1. The van der Waals surface area contributed by atoms with Crippen molar-refractivity contribution in [1.82, 2.24) is 24.9 Å². The van der Waals surface area contributed by atoms with Gasteiger partial charge in [-0.1, -0.05) is 20.8 Å². The third kappa shape index (κ3) is 8.44. The second kappa shape index (κ2) is 12.3. The molecular weight excluding hydrogens is 274 g/mol. The summed E-state index contributed by atoms with van der Waals surface area (Å²) in [5, 5.41) is 3.41. The molecule has 0 saturated carbocycles. The molecule has 0 aromatic heterocycles. The summed E-state index contributed by atoms with van der Waals surface area (Å²) >= 11 is 0. The zero-order valence-corrected chi connectivity index (χ0v) is 15.5. The van der Waals surface area contributed by atoms with Crippen molar-refractivity contribution < 1.29 is 0 Å². The summed E-state index contributed by atoms with van der Waals surface area (Å²) in [6, 6.07) is 0. The van der Waals surface area contributed by atoms with Crippen LogP contribution in [0.1, 0.15) is 20.8 Å². The van der Waals surface area contributed by atoms with Crippen LogP contribution in [0.25, 0.3) is 0 Å². The molecule has 0 aromatic rings. The summed E-state index contributed by atoms with van der Waals surface area (Å²) in [6.45, 7) is 22.1. The third-order valence-electron chi connectivity index (χ3n) is 4.81. The van der Waals surface area contributed by atoms with E-state index in [1.54, 1.807) is 0 Å². The van der Waals surface area contributed by atoms with Crippen molar-refractivity contribution in [2.24, 2.45) is 0 Å². The average molecular weight is 314 g/mol. The third-order valence-corrected chi connectivity index (χ3v) is 4.81. The summed E-state index contributed by atoms with van der Waals surface area (Å²) in [5.41, 5.74) is 0. The van der Waals surface area contributed by atoms with Gasteiger partial charge in [0.15, 0.2) is 0 Å². The lowest BCUT2D eigenvalue weighted by molar-refractivity contribution is 0.121. The molecule has 0 amide bonds. The van der Waals surface area contributed by atoms with Crippen molar-refractivity contribution in [2.75, 3.05) is 92.1 Å². The van der Waals surface area contributed by atoms with Crippen LogP contribution < -0.4 is 5.32 Å². The summed E-state index contributed by atoms with van der Waals surface area (Å²) in [4.78, 5) is 10.2. The Morgan fingerprint density at radius 1 is 0.818 bits per heavy atom. The number of piperazine rings is 1. The molecule has 1 aliphatic rings. The van der Waals surface area contributed by atoms with E-state index in [9.17, 15) is 0 Å². The van der Waals surface area contributed by atoms with Crippen LogP contribution in [0.5, 0.6) is 0 Å². The maximum atomic E-state index is 3.41. The summed E-state index contributed by atoms with van der Waals surface area (Å²) in [6.07, 6.45) is 0. The molecule has 0 unspecified atom stereocenters. The number of likely N-dealkylation sites (N-methyl/N-ethyl adjacent to an activating group) is 3. The van der Waals surface area contributed by atoms with Gasteiger partial charge in [-0.25, -0.2) is 0 Å². The lowest BCUT2D eigenvalue weighted by Crippen LogP contribution is -2.49. The van der Waals surface area contributed by atoms with E-state index in [1.807, 2.05) is 0 Å². The number of hydrogen-bond donors (Lipinski definition) is 1. The summed E-state index contributed by atoms with van der Waals surface area (Å²) < 4.78 is 0. The Bertz CT molecular complexity index is 249. The second-order valence-corrected chi connectivity index (χ2v) is 6.37. The van der Waals surface area contributed by atoms with Crippen molar-refractivity contribution >= 4 is 0 Å². The zero-order valence-electron chi connectivity index (χ0n) is 15.5. The highest BCUT2D eigenvalue weighted by Crippen LogP contribution is 2.01. The van der Waals surface area contributed by atoms with E-state index in [-0.39, 0.29) is 0 Å². The van der Waals surface area contributed by atoms with Crippen LogP contribution in [0, 0.1) is 0 Å². The molecule has 1 N–H and O–H groups in total. The normalized spacial score (nSPS) is 17.7. The van der Waals surface area contributed by atoms with Crippen molar-refractivity contribution in [3.8, 4) is 0 Å². The Morgan fingerprint density at radius 2 is 1.41 bits per heavy atom. The smallest absolute Gasteiger partial charge is 0.0110 e. The zero-order chi connectivity index (χ0) is 16.2. The molecule has 132 valence electrons. The standard InChI is InChI=1S/C17H39N5/c1-5-18-8-9-21-14-16-22(17-15-21)13-11-19(4)10-12-20(6-2)7-3/h18H,5-17H2,1-4H3. The average Bonchev–Trinajstić information content (AvgIpc) is 2.55. The van der Waals surface area contributed by atoms with Gasteiger partial charge in [0, 0.05) is 65.4 Å². The molecule has 0 aliphatic carbocycles. The van der Waals surface area contributed by atoms with Gasteiger partial charge < -0.3 is 15.1 Å². The molecule has 5 heteroatoms. The maximum absolute atomic E-state index is 3.41. The van der Waals surface area contributed by atoms with Crippen molar-refractivity contribution in [3.63, 3.8) is 0 Å². The number of nitrogens with zero attached hydrogens (tertiary/aromatic N) is 4. The minimum absolute atomic E-state index is 1.08. The van der Waals surface area contributed by atoms with Gasteiger partial charge in [0.2, 0.25) is 0 Å². The van der Waals surface area contributed by atoms with E-state index in [2.05, 4.69) is 52.7 Å². The lowest BCUT2D eigenvalue weighted by atomic mass is 10.3. The van der Waals surface area contributed by atoms with Crippen LogP contribution in [0.15, 0.2) is 0 Å². The molecule has 0 spiro atoms. The molecule has 1 heterocycles. The first kappa shape index (κ1) is 19.8. The van der Waals surface area contributed by atoms with Crippen LogP contribution in [0.4, 0.5) is 0 Å². The SMILES string of the molecule is CCNCCN1CCN(CCN(C)CCN(CC)CC)CC1. The molecule has 1 aliphatic heterocycles. The van der Waals surface area contributed by atoms with Crippen molar-refractivity contribution in [2.45, 2.75) is 20.8 Å². The quantitative estimate of drug-likeness (QED) is 0.529. The number of rotatable bonds is 12. The van der Waals surface area contributed by atoms with Gasteiger partial charge in [-0.3, -0.25) is 9.80 Å². The molecule has 1 saturated heterocycles. The van der Waals surface area contributed by atoms with E-state index < -0.39 is 0 Å². The first-order valence-corrected chi connectivity index (χ1v) is 9.25. The van der Waals surface area contributed by atoms with E-state index >= 15 is 0 Å². The Hall–Kier alpha value is -0.200. The van der Waals surface area contributed by atoms with Crippen LogP contribution in [-0.4, -0.2) is 112 Å². The molecule has 1 fully saturated rings. The molecule has 22 heavy (non-hydrogen) atoms. The Balaban J connectivity index is 2.06.